The topological polar surface area (TPSA) is 56.6 Å². The van der Waals surface area contributed by atoms with Crippen LogP contribution in [-0.4, -0.2) is 41.4 Å². The molecule has 0 saturated heterocycles. The highest BCUT2D eigenvalue weighted by molar-refractivity contribution is 5.94. The molecule has 0 radical (unpaired) electrons. The lowest BCUT2D eigenvalue weighted by Crippen LogP contribution is -2.32. The number of aromatic nitrogens is 2. The SMILES string of the molecule is COC(=O)c1ccc2c(cnn2CN2CCc3ccc(OC)cc3C2)c1. The predicted octanol–water partition coefficient (Wildman–Crippen LogP) is 2.85. The van der Waals surface area contributed by atoms with Gasteiger partial charge in [-0.3, -0.25) is 9.58 Å². The minimum Gasteiger partial charge on any atom is -0.497 e. The Morgan fingerprint density at radius 1 is 1.15 bits per heavy atom. The summed E-state index contributed by atoms with van der Waals surface area (Å²) in [6, 6.07) is 11.8. The van der Waals surface area contributed by atoms with Gasteiger partial charge < -0.3 is 9.47 Å². The van der Waals surface area contributed by atoms with Crippen LogP contribution in [0.4, 0.5) is 0 Å². The lowest BCUT2D eigenvalue weighted by Gasteiger charge is -2.29. The van der Waals surface area contributed by atoms with Gasteiger partial charge in [0.05, 0.1) is 38.2 Å². The molecule has 26 heavy (non-hydrogen) atoms. The van der Waals surface area contributed by atoms with Gasteiger partial charge in [0.2, 0.25) is 0 Å². The zero-order chi connectivity index (χ0) is 18.1. The molecule has 0 saturated carbocycles. The van der Waals surface area contributed by atoms with E-state index < -0.39 is 0 Å². The minimum atomic E-state index is -0.332. The van der Waals surface area contributed by atoms with Gasteiger partial charge in [0.1, 0.15) is 5.75 Å². The van der Waals surface area contributed by atoms with Crippen LogP contribution < -0.4 is 4.74 Å². The van der Waals surface area contributed by atoms with E-state index in [2.05, 4.69) is 22.1 Å². The van der Waals surface area contributed by atoms with Crippen LogP contribution in [0.15, 0.2) is 42.6 Å². The zero-order valence-electron chi connectivity index (χ0n) is 14.9. The molecule has 1 aliphatic rings. The number of hydrogen-bond acceptors (Lipinski definition) is 5. The van der Waals surface area contributed by atoms with Crippen LogP contribution in [0.2, 0.25) is 0 Å². The van der Waals surface area contributed by atoms with Gasteiger partial charge in [0, 0.05) is 18.5 Å². The summed E-state index contributed by atoms with van der Waals surface area (Å²) in [4.78, 5) is 14.0. The molecule has 0 fully saturated rings. The minimum absolute atomic E-state index is 0.332. The van der Waals surface area contributed by atoms with Crippen LogP contribution >= 0.6 is 0 Å². The van der Waals surface area contributed by atoms with Gasteiger partial charge in [-0.1, -0.05) is 6.07 Å². The Hall–Kier alpha value is -2.86. The van der Waals surface area contributed by atoms with Crippen molar-refractivity contribution in [3.05, 3.63) is 59.3 Å². The monoisotopic (exact) mass is 351 g/mol. The average Bonchev–Trinajstić information content (AvgIpc) is 3.08. The average molecular weight is 351 g/mol. The van der Waals surface area contributed by atoms with Gasteiger partial charge in [-0.2, -0.15) is 5.10 Å². The molecule has 2 aromatic carbocycles. The lowest BCUT2D eigenvalue weighted by atomic mass is 10.00. The number of rotatable bonds is 4. The summed E-state index contributed by atoms with van der Waals surface area (Å²) < 4.78 is 12.1. The molecule has 0 spiro atoms. The van der Waals surface area contributed by atoms with Crippen LogP contribution in [0.5, 0.6) is 5.75 Å². The van der Waals surface area contributed by atoms with Crippen molar-refractivity contribution in [3.63, 3.8) is 0 Å². The first-order chi connectivity index (χ1) is 12.7. The lowest BCUT2D eigenvalue weighted by molar-refractivity contribution is 0.0601. The number of hydrogen-bond donors (Lipinski definition) is 0. The molecule has 6 nitrogen and oxygen atoms in total. The van der Waals surface area contributed by atoms with Gasteiger partial charge in [-0.05, 0) is 47.9 Å². The maximum absolute atomic E-state index is 11.7. The van der Waals surface area contributed by atoms with Crippen molar-refractivity contribution < 1.29 is 14.3 Å². The highest BCUT2D eigenvalue weighted by Gasteiger charge is 2.18. The number of methoxy groups -OCH3 is 2. The van der Waals surface area contributed by atoms with Crippen LogP contribution in [0.3, 0.4) is 0 Å². The normalized spacial score (nSPS) is 14.2. The Labute approximate surface area is 151 Å². The summed E-state index contributed by atoms with van der Waals surface area (Å²) in [7, 11) is 3.08. The molecule has 0 N–H and O–H groups in total. The Kier molecular flexibility index (Phi) is 4.34. The maximum atomic E-state index is 11.7. The van der Waals surface area contributed by atoms with Crippen LogP contribution in [0.1, 0.15) is 21.5 Å². The van der Waals surface area contributed by atoms with Crippen molar-refractivity contribution in [2.45, 2.75) is 19.6 Å². The van der Waals surface area contributed by atoms with Gasteiger partial charge >= 0.3 is 5.97 Å². The van der Waals surface area contributed by atoms with Crippen LogP contribution in [0.25, 0.3) is 10.9 Å². The van der Waals surface area contributed by atoms with E-state index >= 15 is 0 Å². The summed E-state index contributed by atoms with van der Waals surface area (Å²) in [5.41, 5.74) is 4.24. The van der Waals surface area contributed by atoms with Crippen LogP contribution in [-0.2, 0) is 24.4 Å². The third kappa shape index (κ3) is 3.04. The van der Waals surface area contributed by atoms with E-state index in [1.807, 2.05) is 22.9 Å². The van der Waals surface area contributed by atoms with Crippen molar-refractivity contribution in [1.29, 1.82) is 0 Å². The molecular formula is C20H21N3O3. The summed E-state index contributed by atoms with van der Waals surface area (Å²) >= 11 is 0. The van der Waals surface area contributed by atoms with Crippen molar-refractivity contribution in [1.82, 2.24) is 14.7 Å². The smallest absolute Gasteiger partial charge is 0.337 e. The first-order valence-electron chi connectivity index (χ1n) is 8.60. The molecule has 1 aromatic heterocycles. The fraction of sp³-hybridized carbons (Fsp3) is 0.300. The van der Waals surface area contributed by atoms with Gasteiger partial charge in [-0.15, -0.1) is 0 Å². The molecule has 0 bridgehead atoms. The molecule has 0 atom stereocenters. The van der Waals surface area contributed by atoms with Crippen LogP contribution in [0, 0.1) is 0 Å². The van der Waals surface area contributed by atoms with Gasteiger partial charge in [-0.25, -0.2) is 4.79 Å². The van der Waals surface area contributed by atoms with Gasteiger partial charge in [0.15, 0.2) is 0 Å². The number of nitrogens with zero attached hydrogens (tertiary/aromatic N) is 3. The summed E-state index contributed by atoms with van der Waals surface area (Å²) in [5, 5.41) is 5.44. The third-order valence-electron chi connectivity index (χ3n) is 4.90. The van der Waals surface area contributed by atoms with E-state index in [1.165, 1.54) is 18.2 Å². The standard InChI is InChI=1S/C20H21N3O3/c1-25-18-5-3-14-7-8-22(12-17(14)10-18)13-23-19-6-4-15(20(24)26-2)9-16(19)11-21-23/h3-6,9-11H,7-8,12-13H2,1-2H3. The van der Waals surface area contributed by atoms with Crippen molar-refractivity contribution in [2.75, 3.05) is 20.8 Å². The summed E-state index contributed by atoms with van der Waals surface area (Å²) in [5.74, 6) is 0.562. The van der Waals surface area contributed by atoms with Crippen molar-refractivity contribution in [2.24, 2.45) is 0 Å². The van der Waals surface area contributed by atoms with E-state index in [4.69, 9.17) is 9.47 Å². The first-order valence-corrected chi connectivity index (χ1v) is 8.60. The summed E-state index contributed by atoms with van der Waals surface area (Å²) in [6.07, 6.45) is 2.81. The Morgan fingerprint density at radius 2 is 2.04 bits per heavy atom. The van der Waals surface area contributed by atoms with E-state index in [0.29, 0.717) is 12.2 Å². The number of benzene rings is 2. The third-order valence-corrected chi connectivity index (χ3v) is 4.90. The highest BCUT2D eigenvalue weighted by Crippen LogP contribution is 2.25. The second-order valence-corrected chi connectivity index (χ2v) is 6.49. The number of fused-ring (bicyclic) bond motifs is 2. The largest absolute Gasteiger partial charge is 0.497 e. The van der Waals surface area contributed by atoms with E-state index in [1.54, 1.807) is 19.4 Å². The molecule has 2 heterocycles. The molecule has 0 amide bonds. The summed E-state index contributed by atoms with van der Waals surface area (Å²) in [6.45, 7) is 2.56. The molecule has 0 aliphatic carbocycles. The molecule has 1 aliphatic heterocycles. The maximum Gasteiger partial charge on any atom is 0.337 e. The number of ether oxygens (including phenoxy) is 2. The second kappa shape index (κ2) is 6.80. The number of carbonyl (C=O) groups excluding carboxylic acids is 1. The second-order valence-electron chi connectivity index (χ2n) is 6.49. The Bertz CT molecular complexity index is 964. The molecule has 3 aromatic rings. The molecule has 134 valence electrons. The quantitative estimate of drug-likeness (QED) is 0.677. The predicted molar refractivity (Wildman–Crippen MR) is 98.2 cm³/mol. The van der Waals surface area contributed by atoms with Crippen molar-refractivity contribution in [3.8, 4) is 5.75 Å². The zero-order valence-corrected chi connectivity index (χ0v) is 14.9. The molecule has 4 rings (SSSR count). The Morgan fingerprint density at radius 3 is 2.85 bits per heavy atom. The first kappa shape index (κ1) is 16.6. The molecular weight excluding hydrogens is 330 g/mol. The number of carbonyl (C=O) groups is 1. The van der Waals surface area contributed by atoms with E-state index in [0.717, 1.165) is 36.2 Å². The van der Waals surface area contributed by atoms with Gasteiger partial charge in [0.25, 0.3) is 0 Å². The highest BCUT2D eigenvalue weighted by atomic mass is 16.5. The molecule has 6 heteroatoms. The Balaban J connectivity index is 1.55. The number of esters is 1. The van der Waals surface area contributed by atoms with E-state index in [9.17, 15) is 4.79 Å². The molecule has 0 unspecified atom stereocenters. The van der Waals surface area contributed by atoms with E-state index in [-0.39, 0.29) is 5.97 Å². The fourth-order valence-corrected chi connectivity index (χ4v) is 3.47. The fourth-order valence-electron chi connectivity index (χ4n) is 3.47. The van der Waals surface area contributed by atoms with Crippen molar-refractivity contribution >= 4 is 16.9 Å².